The summed E-state index contributed by atoms with van der Waals surface area (Å²) in [7, 11) is 0. The van der Waals surface area contributed by atoms with E-state index >= 15 is 0 Å². The van der Waals surface area contributed by atoms with Gasteiger partial charge in [-0.1, -0.05) is 267 Å². The Bertz CT molecular complexity index is 3830. The van der Waals surface area contributed by atoms with Gasteiger partial charge in [-0.25, -0.2) is 0 Å². The summed E-state index contributed by atoms with van der Waals surface area (Å²) in [6.07, 6.45) is 0. The molecule has 0 saturated heterocycles. The lowest BCUT2D eigenvalue weighted by atomic mass is 9.67. The van der Waals surface area contributed by atoms with Crippen molar-refractivity contribution in [1.29, 1.82) is 0 Å². The van der Waals surface area contributed by atoms with Gasteiger partial charge >= 0.3 is 0 Å². The Morgan fingerprint density at radius 2 is 0.694 bits per heavy atom. The minimum absolute atomic E-state index is 0.467. The molecule has 0 heterocycles. The molecular formula is C71H49N. The standard InChI is InChI=1S/C71H49N/c1-4-19-50(20-5-1)51-37-39-52(40-38-51)57-23-16-28-61(49-57)72(69-36-15-13-30-64(69)55-43-41-54(42-44-55)63-32-17-22-53-21-10-11-29-62(53)63)60-47-45-56(46-48-60)65-33-18-35-68-70(65)66-31-12-14-34-67(66)71(68,58-24-6-2-7-25-58)59-26-8-3-9-27-59/h1-49H. The van der Waals surface area contributed by atoms with Crippen molar-refractivity contribution in [3.63, 3.8) is 0 Å². The fourth-order valence-corrected chi connectivity index (χ4v) is 11.5. The summed E-state index contributed by atoms with van der Waals surface area (Å²) in [6.45, 7) is 0. The van der Waals surface area contributed by atoms with Gasteiger partial charge in [0.05, 0.1) is 11.1 Å². The van der Waals surface area contributed by atoms with E-state index in [1.807, 2.05) is 0 Å². The van der Waals surface area contributed by atoms with E-state index in [0.717, 1.165) is 33.8 Å². The number of hydrogen-bond donors (Lipinski definition) is 0. The third-order valence-corrected chi connectivity index (χ3v) is 14.8. The molecule has 0 atom stereocenters. The Balaban J connectivity index is 0.939. The molecular weight excluding hydrogens is 867 g/mol. The molecule has 338 valence electrons. The highest BCUT2D eigenvalue weighted by Crippen LogP contribution is 2.58. The fraction of sp³-hybridized carbons (Fsp3) is 0.0141. The number of para-hydroxylation sites is 1. The van der Waals surface area contributed by atoms with Crippen LogP contribution in [0.4, 0.5) is 17.1 Å². The molecule has 0 amide bonds. The first-order valence-corrected chi connectivity index (χ1v) is 24.9. The molecule has 13 rings (SSSR count). The highest BCUT2D eigenvalue weighted by Gasteiger charge is 2.46. The van der Waals surface area contributed by atoms with Gasteiger partial charge in [-0.3, -0.25) is 0 Å². The summed E-state index contributed by atoms with van der Waals surface area (Å²) in [4.78, 5) is 2.43. The van der Waals surface area contributed by atoms with E-state index in [9.17, 15) is 0 Å². The van der Waals surface area contributed by atoms with Crippen LogP contribution < -0.4 is 4.90 Å². The molecule has 0 saturated carbocycles. The van der Waals surface area contributed by atoms with Crippen LogP contribution in [0.25, 0.3) is 77.5 Å². The van der Waals surface area contributed by atoms with Crippen LogP contribution in [-0.4, -0.2) is 0 Å². The smallest absolute Gasteiger partial charge is 0.0713 e. The Kier molecular flexibility index (Phi) is 10.8. The lowest BCUT2D eigenvalue weighted by Gasteiger charge is -2.34. The Morgan fingerprint density at radius 1 is 0.250 bits per heavy atom. The van der Waals surface area contributed by atoms with Gasteiger partial charge in [-0.2, -0.15) is 0 Å². The first-order chi connectivity index (χ1) is 35.7. The van der Waals surface area contributed by atoms with Gasteiger partial charge in [0.1, 0.15) is 0 Å². The molecule has 0 aliphatic heterocycles. The molecule has 12 aromatic rings. The third-order valence-electron chi connectivity index (χ3n) is 14.8. The van der Waals surface area contributed by atoms with Crippen molar-refractivity contribution >= 4 is 27.8 Å². The van der Waals surface area contributed by atoms with E-state index in [4.69, 9.17) is 0 Å². The van der Waals surface area contributed by atoms with Crippen LogP contribution in [0.5, 0.6) is 0 Å². The average Bonchev–Trinajstić information content (AvgIpc) is 3.78. The predicted octanol–water partition coefficient (Wildman–Crippen LogP) is 19.0. The van der Waals surface area contributed by atoms with Gasteiger partial charge in [0.2, 0.25) is 0 Å². The molecule has 0 N–H and O–H groups in total. The number of anilines is 3. The summed E-state index contributed by atoms with van der Waals surface area (Å²) in [5.74, 6) is 0. The normalized spacial score (nSPS) is 12.3. The van der Waals surface area contributed by atoms with E-state index in [1.165, 1.54) is 83.1 Å². The van der Waals surface area contributed by atoms with Crippen LogP contribution in [-0.2, 0) is 5.41 Å². The molecule has 0 unspecified atom stereocenters. The molecule has 72 heavy (non-hydrogen) atoms. The van der Waals surface area contributed by atoms with Gasteiger partial charge in [0, 0.05) is 16.9 Å². The van der Waals surface area contributed by atoms with Crippen molar-refractivity contribution in [3.8, 4) is 66.8 Å². The number of nitrogens with zero attached hydrogens (tertiary/aromatic N) is 1. The zero-order chi connectivity index (χ0) is 47.8. The quantitative estimate of drug-likeness (QED) is 0.132. The first-order valence-electron chi connectivity index (χ1n) is 24.9. The summed E-state index contributed by atoms with van der Waals surface area (Å²) in [5.41, 5.74) is 22.4. The molecule has 0 radical (unpaired) electrons. The molecule has 0 spiro atoms. The topological polar surface area (TPSA) is 3.24 Å². The predicted molar refractivity (Wildman–Crippen MR) is 303 cm³/mol. The van der Waals surface area contributed by atoms with Crippen molar-refractivity contribution in [3.05, 3.63) is 320 Å². The zero-order valence-corrected chi connectivity index (χ0v) is 39.7. The molecule has 0 bridgehead atoms. The highest BCUT2D eigenvalue weighted by molar-refractivity contribution is 5.98. The first kappa shape index (κ1) is 42.8. The minimum atomic E-state index is -0.467. The fourth-order valence-electron chi connectivity index (χ4n) is 11.5. The van der Waals surface area contributed by atoms with E-state index < -0.39 is 5.41 Å². The highest BCUT2D eigenvalue weighted by atomic mass is 15.1. The Labute approximate surface area is 422 Å². The Morgan fingerprint density at radius 3 is 1.42 bits per heavy atom. The minimum Gasteiger partial charge on any atom is -0.310 e. The van der Waals surface area contributed by atoms with Crippen LogP contribution in [0.2, 0.25) is 0 Å². The lowest BCUT2D eigenvalue weighted by molar-refractivity contribution is 0.768. The molecule has 1 nitrogen and oxygen atoms in total. The molecule has 1 aliphatic carbocycles. The Hall–Kier alpha value is -9.30. The number of benzene rings is 12. The number of hydrogen-bond acceptors (Lipinski definition) is 1. The summed E-state index contributed by atoms with van der Waals surface area (Å²) >= 11 is 0. The summed E-state index contributed by atoms with van der Waals surface area (Å²) < 4.78 is 0. The number of fused-ring (bicyclic) bond motifs is 4. The van der Waals surface area contributed by atoms with E-state index in [1.54, 1.807) is 0 Å². The van der Waals surface area contributed by atoms with Gasteiger partial charge in [-0.05, 0) is 125 Å². The zero-order valence-electron chi connectivity index (χ0n) is 39.7. The molecule has 12 aromatic carbocycles. The second-order valence-corrected chi connectivity index (χ2v) is 18.8. The van der Waals surface area contributed by atoms with Crippen LogP contribution >= 0.6 is 0 Å². The van der Waals surface area contributed by atoms with Gasteiger partial charge in [0.15, 0.2) is 0 Å². The van der Waals surface area contributed by atoms with Crippen molar-refractivity contribution in [1.82, 2.24) is 0 Å². The van der Waals surface area contributed by atoms with Crippen LogP contribution in [0, 0.1) is 0 Å². The van der Waals surface area contributed by atoms with E-state index in [2.05, 4.69) is 302 Å². The maximum Gasteiger partial charge on any atom is 0.0713 e. The van der Waals surface area contributed by atoms with Crippen molar-refractivity contribution < 1.29 is 0 Å². The van der Waals surface area contributed by atoms with E-state index in [0.29, 0.717) is 0 Å². The SMILES string of the molecule is c1ccc(-c2ccc(-c3cccc(N(c4ccc(-c5cccc6c5-c5ccccc5C6(c5ccccc5)c5ccccc5)cc4)c4ccccc4-c4ccc(-c5cccc6ccccc56)cc4)c3)cc2)cc1. The average molecular weight is 916 g/mol. The van der Waals surface area contributed by atoms with Crippen molar-refractivity contribution in [2.24, 2.45) is 0 Å². The maximum absolute atomic E-state index is 2.43. The monoisotopic (exact) mass is 915 g/mol. The van der Waals surface area contributed by atoms with E-state index in [-0.39, 0.29) is 0 Å². The van der Waals surface area contributed by atoms with Crippen LogP contribution in [0.3, 0.4) is 0 Å². The van der Waals surface area contributed by atoms with Gasteiger partial charge in [0.25, 0.3) is 0 Å². The third kappa shape index (κ3) is 7.34. The van der Waals surface area contributed by atoms with Crippen molar-refractivity contribution in [2.45, 2.75) is 5.41 Å². The van der Waals surface area contributed by atoms with Gasteiger partial charge < -0.3 is 4.90 Å². The molecule has 0 fully saturated rings. The molecule has 1 aliphatic rings. The molecule has 0 aromatic heterocycles. The lowest BCUT2D eigenvalue weighted by Crippen LogP contribution is -2.28. The van der Waals surface area contributed by atoms with Crippen molar-refractivity contribution in [2.75, 3.05) is 4.90 Å². The summed E-state index contributed by atoms with van der Waals surface area (Å²) in [5, 5.41) is 2.50. The molecule has 1 heteroatoms. The van der Waals surface area contributed by atoms with Crippen LogP contribution in [0.1, 0.15) is 22.3 Å². The summed E-state index contributed by atoms with van der Waals surface area (Å²) in [6, 6.07) is 109. The second-order valence-electron chi connectivity index (χ2n) is 18.8. The maximum atomic E-state index is 2.43. The largest absolute Gasteiger partial charge is 0.310 e. The number of rotatable bonds is 10. The second kappa shape index (κ2) is 18.2. The van der Waals surface area contributed by atoms with Gasteiger partial charge in [-0.15, -0.1) is 0 Å². The van der Waals surface area contributed by atoms with Crippen LogP contribution in [0.15, 0.2) is 297 Å².